The number of carbonyl (C=O) groups excluding carboxylic acids is 1. The highest BCUT2D eigenvalue weighted by molar-refractivity contribution is 9.10. The molecule has 1 fully saturated rings. The van der Waals surface area contributed by atoms with E-state index in [4.69, 9.17) is 0 Å². The third kappa shape index (κ3) is 2.20. The van der Waals surface area contributed by atoms with Gasteiger partial charge in [0.25, 0.3) is 0 Å². The maximum Gasteiger partial charge on any atom is 0.307 e. The van der Waals surface area contributed by atoms with Gasteiger partial charge < -0.3 is 4.90 Å². The number of amides is 1. The van der Waals surface area contributed by atoms with Gasteiger partial charge in [0, 0.05) is 24.0 Å². The maximum absolute atomic E-state index is 13.0. The van der Waals surface area contributed by atoms with Gasteiger partial charge in [-0.1, -0.05) is 0 Å². The first-order chi connectivity index (χ1) is 9.36. The number of fused-ring (bicyclic) bond motifs is 1. The minimum atomic E-state index is -4.71. The maximum atomic E-state index is 13.0. The van der Waals surface area contributed by atoms with E-state index in [0.29, 0.717) is 15.8 Å². The zero-order valence-corrected chi connectivity index (χ0v) is 12.4. The van der Waals surface area contributed by atoms with Crippen LogP contribution >= 0.6 is 15.9 Å². The molecule has 0 spiro atoms. The summed E-state index contributed by atoms with van der Waals surface area (Å²) in [6.07, 6.45) is -0.330. The van der Waals surface area contributed by atoms with Crippen molar-refractivity contribution in [1.82, 2.24) is 10.2 Å². The highest BCUT2D eigenvalue weighted by Gasteiger charge is 2.39. The van der Waals surface area contributed by atoms with Crippen LogP contribution in [0.2, 0.25) is 0 Å². The molecule has 1 N–H and O–H groups in total. The first kappa shape index (κ1) is 13.5. The van der Waals surface area contributed by atoms with Gasteiger partial charge in [0.1, 0.15) is 9.85 Å². The largest absolute Gasteiger partial charge is 0.311 e. The number of hydrogen-bond donors (Lipinski definition) is 1. The fourth-order valence-corrected chi connectivity index (χ4v) is 3.32. The zero-order valence-electron chi connectivity index (χ0n) is 10.0. The number of aromatic nitrogens is 2. The summed E-state index contributed by atoms with van der Waals surface area (Å²) in [7, 11) is -4.71. The van der Waals surface area contributed by atoms with Gasteiger partial charge in [0.05, 0.1) is 5.52 Å². The predicted molar refractivity (Wildman–Crippen MR) is 74.6 cm³/mol. The average molecular weight is 362 g/mol. The Balaban J connectivity index is 1.99. The van der Waals surface area contributed by atoms with Crippen LogP contribution in [0, 0.1) is 0 Å². The normalized spacial score (nSPS) is 20.0. The number of benzene rings is 1. The summed E-state index contributed by atoms with van der Waals surface area (Å²) < 4.78 is 35.5. The monoisotopic (exact) mass is 361 g/mol. The molecule has 1 aliphatic heterocycles. The second kappa shape index (κ2) is 4.52. The van der Waals surface area contributed by atoms with Crippen LogP contribution in [-0.2, 0) is 15.0 Å². The molecule has 6 nitrogen and oxygen atoms in total. The number of hydrogen-bond acceptors (Lipinski definition) is 4. The summed E-state index contributed by atoms with van der Waals surface area (Å²) >= 11 is 3.29. The Morgan fingerprint density at radius 1 is 1.45 bits per heavy atom. The Hall–Kier alpha value is -1.48. The van der Waals surface area contributed by atoms with Crippen LogP contribution in [-0.4, -0.2) is 36.3 Å². The van der Waals surface area contributed by atoms with Crippen LogP contribution < -0.4 is 4.90 Å². The van der Waals surface area contributed by atoms with Crippen LogP contribution in [0.5, 0.6) is 0 Å². The zero-order chi connectivity index (χ0) is 14.5. The van der Waals surface area contributed by atoms with E-state index in [-0.39, 0.29) is 13.0 Å². The number of nitrogens with zero attached hydrogens (tertiary/aromatic N) is 2. The van der Waals surface area contributed by atoms with Crippen LogP contribution in [0.25, 0.3) is 10.9 Å². The van der Waals surface area contributed by atoms with Crippen molar-refractivity contribution in [3.8, 4) is 0 Å². The minimum Gasteiger partial charge on any atom is -0.311 e. The highest BCUT2D eigenvalue weighted by atomic mass is 79.9. The van der Waals surface area contributed by atoms with Crippen molar-refractivity contribution < 1.29 is 17.1 Å². The molecule has 1 aromatic heterocycles. The molecule has 1 atom stereocenters. The number of H-pyrrole nitrogens is 1. The van der Waals surface area contributed by atoms with Crippen molar-refractivity contribution in [2.75, 3.05) is 11.4 Å². The Kier molecular flexibility index (Phi) is 3.05. The summed E-state index contributed by atoms with van der Waals surface area (Å²) in [6, 6.07) is 5.06. The van der Waals surface area contributed by atoms with Gasteiger partial charge in [-0.05, 0) is 34.1 Å². The lowest BCUT2D eigenvalue weighted by molar-refractivity contribution is -0.117. The van der Waals surface area contributed by atoms with Crippen molar-refractivity contribution in [1.29, 1.82) is 0 Å². The van der Waals surface area contributed by atoms with E-state index in [1.54, 1.807) is 18.2 Å². The van der Waals surface area contributed by atoms with E-state index in [1.165, 1.54) is 4.90 Å². The van der Waals surface area contributed by atoms with E-state index < -0.39 is 21.4 Å². The second-order valence-electron chi connectivity index (χ2n) is 4.55. The molecule has 106 valence electrons. The van der Waals surface area contributed by atoms with Gasteiger partial charge in [0.2, 0.25) is 5.91 Å². The van der Waals surface area contributed by atoms with E-state index in [2.05, 4.69) is 26.1 Å². The molecule has 2 heterocycles. The molecule has 9 heteroatoms. The van der Waals surface area contributed by atoms with Crippen LogP contribution in [0.15, 0.2) is 22.8 Å². The van der Waals surface area contributed by atoms with Crippen LogP contribution in [0.1, 0.15) is 6.42 Å². The summed E-state index contributed by atoms with van der Waals surface area (Å²) in [5, 5.41) is 6.25. The Labute approximate surface area is 122 Å². The molecule has 2 aromatic rings. The molecule has 0 aliphatic carbocycles. The molecular formula is C11H9BrFN3O3S. The lowest BCUT2D eigenvalue weighted by Crippen LogP contribution is -2.26. The molecule has 3 rings (SSSR count). The van der Waals surface area contributed by atoms with Gasteiger partial charge in [-0.3, -0.25) is 9.89 Å². The SMILES string of the molecule is O=C1CC(S(=O)(=O)F)CN1c1ccc2n[nH]c(Br)c2c1. The van der Waals surface area contributed by atoms with Crippen molar-refractivity contribution in [3.05, 3.63) is 22.8 Å². The topological polar surface area (TPSA) is 83.1 Å². The standard InChI is InChI=1S/C11H9BrFN3O3S/c12-11-8-3-6(1-2-9(8)14-15-11)16-5-7(4-10(16)17)20(13,18)19/h1-3,7H,4-5H2,(H,14,15). The molecule has 1 aliphatic rings. The predicted octanol–water partition coefficient (Wildman–Crippen LogP) is 1.73. The highest BCUT2D eigenvalue weighted by Crippen LogP contribution is 2.30. The summed E-state index contributed by atoms with van der Waals surface area (Å²) in [5.41, 5.74) is 1.23. The third-order valence-electron chi connectivity index (χ3n) is 3.29. The quantitative estimate of drug-likeness (QED) is 0.825. The first-order valence-electron chi connectivity index (χ1n) is 5.74. The number of rotatable bonds is 2. The average Bonchev–Trinajstić information content (AvgIpc) is 2.93. The fourth-order valence-electron chi connectivity index (χ4n) is 2.25. The number of aromatic amines is 1. The Morgan fingerprint density at radius 3 is 2.85 bits per heavy atom. The lowest BCUT2D eigenvalue weighted by atomic mass is 10.2. The lowest BCUT2D eigenvalue weighted by Gasteiger charge is -2.16. The fraction of sp³-hybridized carbons (Fsp3) is 0.273. The number of halogens is 2. The molecular weight excluding hydrogens is 353 g/mol. The van der Waals surface area contributed by atoms with Gasteiger partial charge in [0.15, 0.2) is 0 Å². The molecule has 1 amide bonds. The van der Waals surface area contributed by atoms with Crippen molar-refractivity contribution >= 4 is 48.7 Å². The van der Waals surface area contributed by atoms with Crippen molar-refractivity contribution in [3.63, 3.8) is 0 Å². The molecule has 0 saturated carbocycles. The van der Waals surface area contributed by atoms with E-state index >= 15 is 0 Å². The van der Waals surface area contributed by atoms with E-state index in [1.807, 2.05) is 0 Å². The van der Waals surface area contributed by atoms with Crippen molar-refractivity contribution in [2.45, 2.75) is 11.7 Å². The minimum absolute atomic E-state index is 0.168. The molecule has 1 aromatic carbocycles. The molecule has 0 radical (unpaired) electrons. The van der Waals surface area contributed by atoms with E-state index in [0.717, 1.165) is 5.39 Å². The van der Waals surface area contributed by atoms with Gasteiger partial charge >= 0.3 is 10.2 Å². The Morgan fingerprint density at radius 2 is 2.20 bits per heavy atom. The van der Waals surface area contributed by atoms with Gasteiger partial charge in [-0.25, -0.2) is 0 Å². The summed E-state index contributed by atoms with van der Waals surface area (Å²) in [5.74, 6) is -0.407. The number of nitrogens with one attached hydrogen (secondary N) is 1. The molecule has 1 saturated heterocycles. The second-order valence-corrected chi connectivity index (χ2v) is 6.96. The number of anilines is 1. The van der Waals surface area contributed by atoms with Gasteiger partial charge in [-0.15, -0.1) is 3.89 Å². The van der Waals surface area contributed by atoms with Crippen LogP contribution in [0.4, 0.5) is 9.57 Å². The van der Waals surface area contributed by atoms with E-state index in [9.17, 15) is 17.1 Å². The molecule has 20 heavy (non-hydrogen) atoms. The first-order valence-corrected chi connectivity index (χ1v) is 7.97. The summed E-state index contributed by atoms with van der Waals surface area (Å²) in [4.78, 5) is 13.1. The molecule has 1 unspecified atom stereocenters. The van der Waals surface area contributed by atoms with Crippen molar-refractivity contribution in [2.24, 2.45) is 0 Å². The third-order valence-corrected chi connectivity index (χ3v) is 5.01. The molecule has 0 bridgehead atoms. The van der Waals surface area contributed by atoms with Gasteiger partial charge in [-0.2, -0.15) is 13.5 Å². The van der Waals surface area contributed by atoms with Crippen LogP contribution in [0.3, 0.4) is 0 Å². The summed E-state index contributed by atoms with van der Waals surface area (Å²) in [6.45, 7) is -0.168. The number of carbonyl (C=O) groups is 1. The Bertz CT molecular complexity index is 804. The smallest absolute Gasteiger partial charge is 0.307 e.